The van der Waals surface area contributed by atoms with Crippen LogP contribution in [0, 0.1) is 0 Å². The summed E-state index contributed by atoms with van der Waals surface area (Å²) in [5, 5.41) is 11.8. The van der Waals surface area contributed by atoms with Gasteiger partial charge in [-0.2, -0.15) is 0 Å². The molecule has 0 saturated carbocycles. The van der Waals surface area contributed by atoms with Crippen molar-refractivity contribution in [2.45, 2.75) is 12.5 Å². The van der Waals surface area contributed by atoms with Gasteiger partial charge < -0.3 is 14.8 Å². The highest BCUT2D eigenvalue weighted by molar-refractivity contribution is 7.78. The van der Waals surface area contributed by atoms with E-state index in [0.717, 1.165) is 15.6 Å². The van der Waals surface area contributed by atoms with Gasteiger partial charge in [-0.15, -0.1) is 0 Å². The summed E-state index contributed by atoms with van der Waals surface area (Å²) >= 11 is 4.04. The molecule has 0 radical (unpaired) electrons. The zero-order valence-corrected chi connectivity index (χ0v) is 12.4. The maximum Gasteiger partial charge on any atom is 0.327 e. The fourth-order valence-corrected chi connectivity index (χ4v) is 2.13. The Balaban J connectivity index is 2.10. The summed E-state index contributed by atoms with van der Waals surface area (Å²) in [5.74, 6) is 0.789. The van der Waals surface area contributed by atoms with E-state index < -0.39 is 0 Å². The van der Waals surface area contributed by atoms with Crippen molar-refractivity contribution in [2.75, 3.05) is 13.2 Å². The van der Waals surface area contributed by atoms with E-state index in [-0.39, 0.29) is 25.2 Å². The van der Waals surface area contributed by atoms with Gasteiger partial charge in [-0.05, 0) is 17.7 Å². The van der Waals surface area contributed by atoms with Gasteiger partial charge >= 0.3 is 6.03 Å². The number of nitrogens with one attached hydrogen (secondary N) is 1. The first-order valence-electron chi connectivity index (χ1n) is 6.66. The molecular weight excluding hydrogens is 288 g/mol. The molecule has 112 valence electrons. The molecule has 1 aromatic carbocycles. The molecule has 6 heteroatoms. The number of hydrogen-bond donors (Lipinski definition) is 3. The second-order valence-electron chi connectivity index (χ2n) is 4.54. The van der Waals surface area contributed by atoms with E-state index in [4.69, 9.17) is 9.52 Å². The van der Waals surface area contributed by atoms with E-state index in [1.54, 1.807) is 6.26 Å². The van der Waals surface area contributed by atoms with Crippen LogP contribution >= 0.6 is 12.8 Å². The Morgan fingerprint density at radius 3 is 2.67 bits per heavy atom. The number of urea groups is 1. The number of thiol groups is 1. The highest BCUT2D eigenvalue weighted by Gasteiger charge is 2.18. The Morgan fingerprint density at radius 2 is 2.05 bits per heavy atom. The van der Waals surface area contributed by atoms with Gasteiger partial charge in [0.2, 0.25) is 0 Å². The number of rotatable bonds is 6. The van der Waals surface area contributed by atoms with Crippen LogP contribution in [0.25, 0.3) is 0 Å². The quantitative estimate of drug-likeness (QED) is 0.718. The Hall–Kier alpha value is -1.92. The van der Waals surface area contributed by atoms with Crippen LogP contribution in [0.4, 0.5) is 4.79 Å². The average Bonchev–Trinajstić information content (AvgIpc) is 3.00. The van der Waals surface area contributed by atoms with Gasteiger partial charge in [0.15, 0.2) is 0 Å². The van der Waals surface area contributed by atoms with Crippen molar-refractivity contribution in [3.63, 3.8) is 0 Å². The summed E-state index contributed by atoms with van der Waals surface area (Å²) in [5.41, 5.74) is 0.980. The first-order valence-corrected chi connectivity index (χ1v) is 7.06. The standard InChI is InChI=1S/C15H18N2O3S/c18-9-8-17(21)15(19)16-14(11-13-7-4-10-20-13)12-5-2-1-3-6-12/h1-7,10,14,18,21H,8-9,11H2,(H,16,19). The van der Waals surface area contributed by atoms with Crippen molar-refractivity contribution >= 4 is 18.8 Å². The molecule has 0 fully saturated rings. The summed E-state index contributed by atoms with van der Waals surface area (Å²) in [7, 11) is 0. The minimum atomic E-state index is -0.354. The van der Waals surface area contributed by atoms with Gasteiger partial charge in [-0.3, -0.25) is 4.31 Å². The van der Waals surface area contributed by atoms with Gasteiger partial charge in [0.25, 0.3) is 0 Å². The van der Waals surface area contributed by atoms with Crippen molar-refractivity contribution in [2.24, 2.45) is 0 Å². The lowest BCUT2D eigenvalue weighted by Crippen LogP contribution is -2.38. The maximum atomic E-state index is 12.0. The minimum Gasteiger partial charge on any atom is -0.469 e. The number of furan rings is 1. The molecule has 1 aromatic heterocycles. The molecule has 0 saturated heterocycles. The largest absolute Gasteiger partial charge is 0.469 e. The fraction of sp³-hybridized carbons (Fsp3) is 0.267. The SMILES string of the molecule is O=C(NC(Cc1ccco1)c1ccccc1)N(S)CCO. The Kier molecular flexibility index (Phi) is 5.71. The molecule has 2 N–H and O–H groups in total. The average molecular weight is 306 g/mol. The molecule has 5 nitrogen and oxygen atoms in total. The maximum absolute atomic E-state index is 12.0. The molecule has 2 amide bonds. The summed E-state index contributed by atoms with van der Waals surface area (Å²) < 4.78 is 6.50. The molecule has 0 aliphatic rings. The summed E-state index contributed by atoms with van der Waals surface area (Å²) in [6.07, 6.45) is 2.15. The monoisotopic (exact) mass is 306 g/mol. The Morgan fingerprint density at radius 1 is 1.29 bits per heavy atom. The van der Waals surface area contributed by atoms with Gasteiger partial charge in [-0.25, -0.2) is 4.79 Å². The summed E-state index contributed by atoms with van der Waals surface area (Å²) in [4.78, 5) is 12.0. The molecule has 0 aliphatic carbocycles. The number of nitrogens with zero attached hydrogens (tertiary/aromatic N) is 1. The predicted octanol–water partition coefficient (Wildman–Crippen LogP) is 2.41. The lowest BCUT2D eigenvalue weighted by Gasteiger charge is -2.22. The van der Waals surface area contributed by atoms with Crippen molar-refractivity contribution < 1.29 is 14.3 Å². The molecule has 1 unspecified atom stereocenters. The van der Waals surface area contributed by atoms with Crippen LogP contribution in [-0.4, -0.2) is 28.6 Å². The molecule has 0 spiro atoms. The molecular formula is C15H18N2O3S. The molecule has 2 aromatic rings. The third-order valence-electron chi connectivity index (χ3n) is 3.03. The third kappa shape index (κ3) is 4.54. The van der Waals surface area contributed by atoms with Gasteiger partial charge in [0, 0.05) is 6.42 Å². The minimum absolute atomic E-state index is 0.134. The number of benzene rings is 1. The fourth-order valence-electron chi connectivity index (χ4n) is 1.99. The predicted molar refractivity (Wildman–Crippen MR) is 82.9 cm³/mol. The number of carbonyl (C=O) groups excluding carboxylic acids is 1. The van der Waals surface area contributed by atoms with Crippen LogP contribution < -0.4 is 5.32 Å². The van der Waals surface area contributed by atoms with Crippen LogP contribution in [0.5, 0.6) is 0 Å². The van der Waals surface area contributed by atoms with E-state index in [1.807, 2.05) is 42.5 Å². The van der Waals surface area contributed by atoms with Crippen LogP contribution in [-0.2, 0) is 6.42 Å². The molecule has 0 bridgehead atoms. The van der Waals surface area contributed by atoms with Crippen LogP contribution in [0.15, 0.2) is 53.1 Å². The number of aliphatic hydroxyl groups is 1. The van der Waals surface area contributed by atoms with Crippen molar-refractivity contribution in [3.8, 4) is 0 Å². The molecule has 1 atom stereocenters. The van der Waals surface area contributed by atoms with E-state index in [9.17, 15) is 4.79 Å². The number of hydrogen-bond acceptors (Lipinski definition) is 4. The van der Waals surface area contributed by atoms with Crippen molar-refractivity contribution in [3.05, 3.63) is 60.1 Å². The normalized spacial score (nSPS) is 11.9. The molecule has 21 heavy (non-hydrogen) atoms. The lowest BCUT2D eigenvalue weighted by molar-refractivity contribution is 0.209. The van der Waals surface area contributed by atoms with E-state index in [0.29, 0.717) is 6.42 Å². The first-order chi connectivity index (χ1) is 10.2. The van der Waals surface area contributed by atoms with Crippen molar-refractivity contribution in [1.29, 1.82) is 0 Å². The summed E-state index contributed by atoms with van der Waals surface area (Å²) in [6.45, 7) is 0.0301. The van der Waals surface area contributed by atoms with E-state index in [2.05, 4.69) is 18.1 Å². The highest BCUT2D eigenvalue weighted by atomic mass is 32.1. The smallest absolute Gasteiger partial charge is 0.327 e. The number of aliphatic hydroxyl groups excluding tert-OH is 1. The molecule has 0 aliphatic heterocycles. The second kappa shape index (κ2) is 7.75. The van der Waals surface area contributed by atoms with Crippen LogP contribution in [0.2, 0.25) is 0 Å². The van der Waals surface area contributed by atoms with Crippen molar-refractivity contribution in [1.82, 2.24) is 9.62 Å². The van der Waals surface area contributed by atoms with Crippen LogP contribution in [0.3, 0.4) is 0 Å². The van der Waals surface area contributed by atoms with Crippen LogP contribution in [0.1, 0.15) is 17.4 Å². The van der Waals surface area contributed by atoms with E-state index >= 15 is 0 Å². The topological polar surface area (TPSA) is 65.7 Å². The number of amides is 2. The van der Waals surface area contributed by atoms with Gasteiger partial charge in [-0.1, -0.05) is 43.1 Å². The second-order valence-corrected chi connectivity index (χ2v) is 5.03. The van der Waals surface area contributed by atoms with E-state index in [1.165, 1.54) is 0 Å². The molecule has 1 heterocycles. The zero-order chi connectivity index (χ0) is 15.1. The lowest BCUT2D eigenvalue weighted by atomic mass is 10.0. The van der Waals surface area contributed by atoms with Gasteiger partial charge in [0.05, 0.1) is 25.5 Å². The zero-order valence-electron chi connectivity index (χ0n) is 11.5. The molecule has 2 rings (SSSR count). The first kappa shape index (κ1) is 15.5. The number of carbonyl (C=O) groups is 1. The highest BCUT2D eigenvalue weighted by Crippen LogP contribution is 2.19. The Bertz CT molecular complexity index is 545. The van der Waals surface area contributed by atoms with Gasteiger partial charge in [0.1, 0.15) is 5.76 Å². The summed E-state index contributed by atoms with van der Waals surface area (Å²) in [6, 6.07) is 12.8. The Labute approximate surface area is 129 Å². The third-order valence-corrected chi connectivity index (χ3v) is 3.41.